The van der Waals surface area contributed by atoms with Crippen LogP contribution in [0.4, 0.5) is 0 Å². The fourth-order valence-electron chi connectivity index (χ4n) is 3.44. The topological polar surface area (TPSA) is 86.7 Å². The van der Waals surface area contributed by atoms with Crippen LogP contribution in [0.5, 0.6) is 0 Å². The van der Waals surface area contributed by atoms with Gasteiger partial charge < -0.3 is 15.3 Å². The Balaban J connectivity index is 1.88. The first kappa shape index (κ1) is 19.9. The van der Waals surface area contributed by atoms with Crippen LogP contribution in [0.25, 0.3) is 0 Å². The number of carboxylic acids is 1. The Morgan fingerprint density at radius 3 is 2.46 bits per heavy atom. The summed E-state index contributed by atoms with van der Waals surface area (Å²) in [7, 11) is 0. The molecule has 2 atom stereocenters. The number of amides is 2. The fraction of sp³-hybridized carbons (Fsp3) is 0.550. The van der Waals surface area contributed by atoms with Gasteiger partial charge in [-0.25, -0.2) is 0 Å². The minimum atomic E-state index is -0.841. The second-order valence-electron chi connectivity index (χ2n) is 6.93. The van der Waals surface area contributed by atoms with Crippen molar-refractivity contribution in [3.63, 3.8) is 0 Å². The van der Waals surface area contributed by atoms with E-state index in [1.807, 2.05) is 30.3 Å². The lowest BCUT2D eigenvalue weighted by Crippen LogP contribution is -2.44. The number of hydrogen-bond donors (Lipinski definition) is 2. The van der Waals surface area contributed by atoms with Crippen molar-refractivity contribution < 1.29 is 19.5 Å². The summed E-state index contributed by atoms with van der Waals surface area (Å²) in [6, 6.07) is 9.32. The molecule has 1 aliphatic carbocycles. The van der Waals surface area contributed by atoms with Gasteiger partial charge in [0.05, 0.1) is 5.92 Å². The Hall–Kier alpha value is -2.37. The van der Waals surface area contributed by atoms with Crippen molar-refractivity contribution >= 4 is 17.8 Å². The second kappa shape index (κ2) is 9.94. The van der Waals surface area contributed by atoms with Crippen LogP contribution in [0.15, 0.2) is 30.3 Å². The summed E-state index contributed by atoms with van der Waals surface area (Å²) in [5.41, 5.74) is 1.01. The minimum Gasteiger partial charge on any atom is -0.481 e. The smallest absolute Gasteiger partial charge is 0.308 e. The van der Waals surface area contributed by atoms with E-state index in [1.165, 1.54) is 6.92 Å². The molecule has 1 saturated carbocycles. The number of carbonyl (C=O) groups excluding carboxylic acids is 2. The molecule has 0 heterocycles. The van der Waals surface area contributed by atoms with E-state index >= 15 is 0 Å². The largest absolute Gasteiger partial charge is 0.481 e. The molecule has 1 aromatic rings. The molecule has 0 aliphatic heterocycles. The molecule has 6 nitrogen and oxygen atoms in total. The maximum Gasteiger partial charge on any atom is 0.308 e. The van der Waals surface area contributed by atoms with E-state index in [4.69, 9.17) is 0 Å². The van der Waals surface area contributed by atoms with E-state index in [2.05, 4.69) is 5.32 Å². The van der Waals surface area contributed by atoms with Gasteiger partial charge in [0.2, 0.25) is 11.8 Å². The second-order valence-corrected chi connectivity index (χ2v) is 6.93. The molecule has 1 aliphatic rings. The first-order valence-corrected chi connectivity index (χ1v) is 9.29. The summed E-state index contributed by atoms with van der Waals surface area (Å²) in [6.45, 7) is 2.28. The maximum atomic E-state index is 12.3. The summed E-state index contributed by atoms with van der Waals surface area (Å²) in [5.74, 6) is -1.64. The molecule has 6 heteroatoms. The van der Waals surface area contributed by atoms with Crippen molar-refractivity contribution in [1.82, 2.24) is 10.2 Å². The zero-order valence-electron chi connectivity index (χ0n) is 15.3. The Labute approximate surface area is 154 Å². The lowest BCUT2D eigenvalue weighted by molar-refractivity contribution is -0.143. The number of rotatable bonds is 7. The average molecular weight is 360 g/mol. The molecule has 0 radical (unpaired) electrons. The number of carboxylic acid groups (broad SMARTS) is 1. The molecular weight excluding hydrogens is 332 g/mol. The molecule has 2 N–H and O–H groups in total. The SMILES string of the molecule is CC(=O)N(CCC(=O)N[C@H]1CCCCC[C@H]1C(=O)O)Cc1ccccc1. The maximum absolute atomic E-state index is 12.3. The molecule has 26 heavy (non-hydrogen) atoms. The number of hydrogen-bond acceptors (Lipinski definition) is 3. The Morgan fingerprint density at radius 2 is 1.81 bits per heavy atom. The van der Waals surface area contributed by atoms with Gasteiger partial charge in [-0.15, -0.1) is 0 Å². The van der Waals surface area contributed by atoms with Gasteiger partial charge in [0.15, 0.2) is 0 Å². The van der Waals surface area contributed by atoms with Gasteiger partial charge >= 0.3 is 5.97 Å². The number of benzene rings is 1. The van der Waals surface area contributed by atoms with E-state index in [-0.39, 0.29) is 24.3 Å². The van der Waals surface area contributed by atoms with Crippen LogP contribution >= 0.6 is 0 Å². The van der Waals surface area contributed by atoms with Crippen LogP contribution in [0, 0.1) is 5.92 Å². The van der Waals surface area contributed by atoms with Gasteiger partial charge in [0.1, 0.15) is 0 Å². The highest BCUT2D eigenvalue weighted by Crippen LogP contribution is 2.24. The van der Waals surface area contributed by atoms with Crippen molar-refractivity contribution in [3.05, 3.63) is 35.9 Å². The van der Waals surface area contributed by atoms with Crippen molar-refractivity contribution in [3.8, 4) is 0 Å². The van der Waals surface area contributed by atoms with E-state index in [0.717, 1.165) is 24.8 Å². The molecule has 2 amide bonds. The highest BCUT2D eigenvalue weighted by molar-refractivity contribution is 5.79. The van der Waals surface area contributed by atoms with Gasteiger partial charge in [0, 0.05) is 32.5 Å². The summed E-state index contributed by atoms with van der Waals surface area (Å²) in [5, 5.41) is 12.3. The van der Waals surface area contributed by atoms with Crippen LogP contribution in [0.3, 0.4) is 0 Å². The third-order valence-corrected chi connectivity index (χ3v) is 4.95. The predicted molar refractivity (Wildman–Crippen MR) is 98.3 cm³/mol. The molecule has 142 valence electrons. The minimum absolute atomic E-state index is 0.0838. The van der Waals surface area contributed by atoms with Crippen molar-refractivity contribution in [2.24, 2.45) is 5.92 Å². The Morgan fingerprint density at radius 1 is 1.12 bits per heavy atom. The molecule has 0 unspecified atom stereocenters. The van der Waals surface area contributed by atoms with Gasteiger partial charge in [-0.2, -0.15) is 0 Å². The summed E-state index contributed by atoms with van der Waals surface area (Å²) < 4.78 is 0. The van der Waals surface area contributed by atoms with Gasteiger partial charge in [-0.3, -0.25) is 14.4 Å². The van der Waals surface area contributed by atoms with E-state index in [1.54, 1.807) is 4.90 Å². The number of aliphatic carboxylic acids is 1. The third-order valence-electron chi connectivity index (χ3n) is 4.95. The molecule has 0 bridgehead atoms. The first-order chi connectivity index (χ1) is 12.5. The first-order valence-electron chi connectivity index (χ1n) is 9.29. The lowest BCUT2D eigenvalue weighted by Gasteiger charge is -2.24. The molecule has 0 spiro atoms. The lowest BCUT2D eigenvalue weighted by atomic mass is 9.95. The molecule has 0 saturated heterocycles. The van der Waals surface area contributed by atoms with Gasteiger partial charge in [0.25, 0.3) is 0 Å². The number of nitrogens with zero attached hydrogens (tertiary/aromatic N) is 1. The van der Waals surface area contributed by atoms with Gasteiger partial charge in [-0.05, 0) is 18.4 Å². The van der Waals surface area contributed by atoms with E-state index < -0.39 is 11.9 Å². The van der Waals surface area contributed by atoms with E-state index in [0.29, 0.717) is 25.9 Å². The van der Waals surface area contributed by atoms with Gasteiger partial charge in [-0.1, -0.05) is 49.6 Å². The van der Waals surface area contributed by atoms with Crippen molar-refractivity contribution in [2.45, 2.75) is 58.0 Å². The third kappa shape index (κ3) is 6.17. The molecule has 1 fully saturated rings. The van der Waals surface area contributed by atoms with E-state index in [9.17, 15) is 19.5 Å². The number of nitrogens with one attached hydrogen (secondary N) is 1. The molecule has 2 rings (SSSR count). The van der Waals surface area contributed by atoms with Crippen molar-refractivity contribution in [2.75, 3.05) is 6.54 Å². The van der Waals surface area contributed by atoms with Crippen LogP contribution < -0.4 is 5.32 Å². The average Bonchev–Trinajstić information content (AvgIpc) is 2.84. The van der Waals surface area contributed by atoms with Crippen LogP contribution in [0.2, 0.25) is 0 Å². The quantitative estimate of drug-likeness (QED) is 0.732. The zero-order valence-corrected chi connectivity index (χ0v) is 15.3. The standard InChI is InChI=1S/C20H28N2O4/c1-15(23)22(14-16-8-4-2-5-9-16)13-12-19(24)21-18-11-7-3-6-10-17(18)20(25)26/h2,4-5,8-9,17-18H,3,6-7,10-14H2,1H3,(H,21,24)(H,25,26)/t17-,18+/m1/s1. The Bertz CT molecular complexity index is 617. The van der Waals surface area contributed by atoms with Crippen LogP contribution in [0.1, 0.15) is 51.0 Å². The summed E-state index contributed by atoms with van der Waals surface area (Å²) >= 11 is 0. The fourth-order valence-corrected chi connectivity index (χ4v) is 3.44. The highest BCUT2D eigenvalue weighted by Gasteiger charge is 2.30. The van der Waals surface area contributed by atoms with Crippen LogP contribution in [-0.2, 0) is 20.9 Å². The molecule has 1 aromatic carbocycles. The number of carbonyl (C=O) groups is 3. The zero-order chi connectivity index (χ0) is 18.9. The molecule has 0 aromatic heterocycles. The predicted octanol–water partition coefficient (Wildman–Crippen LogP) is 2.57. The summed E-state index contributed by atoms with van der Waals surface area (Å²) in [4.78, 5) is 37.3. The van der Waals surface area contributed by atoms with Crippen molar-refractivity contribution in [1.29, 1.82) is 0 Å². The Kier molecular flexibility index (Phi) is 7.63. The molecular formula is C20H28N2O4. The normalized spacial score (nSPS) is 20.0. The van der Waals surface area contributed by atoms with Crippen LogP contribution in [-0.4, -0.2) is 40.4 Å². The highest BCUT2D eigenvalue weighted by atomic mass is 16.4. The summed E-state index contributed by atoms with van der Waals surface area (Å²) in [6.07, 6.45) is 4.30. The monoisotopic (exact) mass is 360 g/mol.